The summed E-state index contributed by atoms with van der Waals surface area (Å²) in [5.41, 5.74) is 3.77. The molecule has 1 fully saturated rings. The summed E-state index contributed by atoms with van der Waals surface area (Å²) in [6.45, 7) is 5.93. The lowest BCUT2D eigenvalue weighted by Crippen LogP contribution is -2.29. The van der Waals surface area contributed by atoms with Gasteiger partial charge in [-0.2, -0.15) is 0 Å². The van der Waals surface area contributed by atoms with Crippen LogP contribution in [0, 0.1) is 0 Å². The first-order valence-electron chi connectivity index (χ1n) is 8.66. The van der Waals surface area contributed by atoms with Gasteiger partial charge in [0.2, 0.25) is 0 Å². The monoisotopic (exact) mass is 310 g/mol. The van der Waals surface area contributed by atoms with Crippen LogP contribution in [0.3, 0.4) is 0 Å². The number of piperidine rings is 1. The lowest BCUT2D eigenvalue weighted by Gasteiger charge is -2.28. The molecular weight excluding hydrogens is 284 g/mol. The molecule has 0 unspecified atom stereocenters. The van der Waals surface area contributed by atoms with E-state index in [2.05, 4.69) is 46.6 Å². The largest absolute Gasteiger partial charge is 0.494 e. The van der Waals surface area contributed by atoms with Crippen molar-refractivity contribution in [1.82, 2.24) is 0 Å². The summed E-state index contributed by atoms with van der Waals surface area (Å²) in [5.74, 6) is 0.933. The van der Waals surface area contributed by atoms with E-state index in [9.17, 15) is 0 Å². The summed E-state index contributed by atoms with van der Waals surface area (Å²) in [5, 5.41) is 3.48. The van der Waals surface area contributed by atoms with Crippen molar-refractivity contribution in [1.29, 1.82) is 0 Å². The van der Waals surface area contributed by atoms with Gasteiger partial charge in [0.25, 0.3) is 0 Å². The van der Waals surface area contributed by atoms with Gasteiger partial charge in [0, 0.05) is 31.0 Å². The van der Waals surface area contributed by atoms with Crippen LogP contribution in [-0.4, -0.2) is 19.7 Å². The van der Waals surface area contributed by atoms with Gasteiger partial charge in [-0.1, -0.05) is 12.1 Å². The van der Waals surface area contributed by atoms with Gasteiger partial charge in [0.05, 0.1) is 6.61 Å². The van der Waals surface area contributed by atoms with Crippen LogP contribution >= 0.6 is 0 Å². The van der Waals surface area contributed by atoms with Crippen LogP contribution in [0.25, 0.3) is 0 Å². The number of nitrogens with one attached hydrogen (secondary N) is 1. The van der Waals surface area contributed by atoms with Gasteiger partial charge in [0.1, 0.15) is 5.75 Å². The maximum absolute atomic E-state index is 5.47. The van der Waals surface area contributed by atoms with Crippen molar-refractivity contribution in [3.8, 4) is 5.75 Å². The number of ether oxygens (including phenoxy) is 1. The SMILES string of the molecule is CCOc1ccc(CNc2ccc(N3CCCCC3)cc2)cc1. The predicted molar refractivity (Wildman–Crippen MR) is 97.4 cm³/mol. The van der Waals surface area contributed by atoms with Crippen molar-refractivity contribution in [2.24, 2.45) is 0 Å². The minimum absolute atomic E-state index is 0.709. The van der Waals surface area contributed by atoms with Crippen LogP contribution in [-0.2, 0) is 6.54 Å². The fourth-order valence-corrected chi connectivity index (χ4v) is 3.02. The van der Waals surface area contributed by atoms with Crippen molar-refractivity contribution < 1.29 is 4.74 Å². The Morgan fingerprint density at radius 1 is 0.913 bits per heavy atom. The van der Waals surface area contributed by atoms with Gasteiger partial charge in [-0.15, -0.1) is 0 Å². The van der Waals surface area contributed by atoms with Gasteiger partial charge < -0.3 is 15.0 Å². The van der Waals surface area contributed by atoms with Crippen molar-refractivity contribution in [3.05, 3.63) is 54.1 Å². The van der Waals surface area contributed by atoms with Crippen molar-refractivity contribution in [2.75, 3.05) is 29.9 Å². The third kappa shape index (κ3) is 4.41. The Labute approximate surface area is 139 Å². The van der Waals surface area contributed by atoms with Gasteiger partial charge in [-0.05, 0) is 68.1 Å². The molecule has 0 aromatic heterocycles. The minimum Gasteiger partial charge on any atom is -0.494 e. The van der Waals surface area contributed by atoms with Crippen molar-refractivity contribution in [2.45, 2.75) is 32.7 Å². The molecule has 23 heavy (non-hydrogen) atoms. The normalized spacial score (nSPS) is 14.6. The standard InChI is InChI=1S/C20H26N2O/c1-2-23-20-12-6-17(7-13-20)16-21-18-8-10-19(11-9-18)22-14-4-3-5-15-22/h6-13,21H,2-5,14-16H2,1H3. The molecule has 0 saturated carbocycles. The average molecular weight is 310 g/mol. The van der Waals surface area contributed by atoms with E-state index in [4.69, 9.17) is 4.74 Å². The summed E-state index contributed by atoms with van der Waals surface area (Å²) in [6.07, 6.45) is 4.01. The highest BCUT2D eigenvalue weighted by molar-refractivity contribution is 5.55. The molecule has 0 spiro atoms. The highest BCUT2D eigenvalue weighted by atomic mass is 16.5. The lowest BCUT2D eigenvalue weighted by molar-refractivity contribution is 0.340. The summed E-state index contributed by atoms with van der Waals surface area (Å²) in [7, 11) is 0. The molecule has 0 bridgehead atoms. The molecule has 1 saturated heterocycles. The van der Waals surface area contributed by atoms with Crippen LogP contribution in [0.4, 0.5) is 11.4 Å². The topological polar surface area (TPSA) is 24.5 Å². The Balaban J connectivity index is 1.53. The molecule has 1 aliphatic rings. The molecule has 0 aliphatic carbocycles. The molecule has 0 radical (unpaired) electrons. The molecule has 1 aliphatic heterocycles. The lowest BCUT2D eigenvalue weighted by atomic mass is 10.1. The summed E-state index contributed by atoms with van der Waals surface area (Å²) in [4.78, 5) is 2.49. The van der Waals surface area contributed by atoms with Crippen LogP contribution in [0.2, 0.25) is 0 Å². The van der Waals surface area contributed by atoms with Gasteiger partial charge in [0.15, 0.2) is 0 Å². The number of hydrogen-bond acceptors (Lipinski definition) is 3. The molecule has 2 aromatic rings. The third-order valence-electron chi connectivity index (χ3n) is 4.32. The first kappa shape index (κ1) is 15.7. The highest BCUT2D eigenvalue weighted by Gasteiger charge is 2.10. The molecule has 2 aromatic carbocycles. The molecule has 122 valence electrons. The second-order valence-corrected chi connectivity index (χ2v) is 6.03. The van der Waals surface area contributed by atoms with E-state index in [0.29, 0.717) is 6.61 Å². The second kappa shape index (κ2) is 7.91. The fourth-order valence-electron chi connectivity index (χ4n) is 3.02. The van der Waals surface area contributed by atoms with Crippen LogP contribution < -0.4 is 15.0 Å². The molecule has 0 atom stereocenters. The van der Waals surface area contributed by atoms with Gasteiger partial charge in [-0.25, -0.2) is 0 Å². The molecule has 3 heteroatoms. The average Bonchev–Trinajstić information content (AvgIpc) is 2.63. The Hall–Kier alpha value is -2.16. The maximum Gasteiger partial charge on any atom is 0.119 e. The molecule has 1 N–H and O–H groups in total. The molecule has 0 amide bonds. The minimum atomic E-state index is 0.709. The van der Waals surface area contributed by atoms with E-state index in [1.807, 2.05) is 19.1 Å². The van der Waals surface area contributed by atoms with E-state index >= 15 is 0 Å². The fraction of sp³-hybridized carbons (Fsp3) is 0.400. The van der Waals surface area contributed by atoms with Gasteiger partial charge >= 0.3 is 0 Å². The molecule has 3 rings (SSSR count). The van der Waals surface area contributed by atoms with E-state index in [1.54, 1.807) is 0 Å². The Morgan fingerprint density at radius 2 is 1.61 bits per heavy atom. The van der Waals surface area contributed by atoms with Crippen LogP contribution in [0.5, 0.6) is 5.75 Å². The molecule has 1 heterocycles. The number of benzene rings is 2. The zero-order chi connectivity index (χ0) is 15.9. The Kier molecular flexibility index (Phi) is 5.41. The quantitative estimate of drug-likeness (QED) is 0.838. The summed E-state index contributed by atoms with van der Waals surface area (Å²) in [6, 6.07) is 17.1. The zero-order valence-electron chi connectivity index (χ0n) is 13.9. The first-order valence-corrected chi connectivity index (χ1v) is 8.66. The predicted octanol–water partition coefficient (Wildman–Crippen LogP) is 4.69. The van der Waals surface area contributed by atoms with E-state index in [0.717, 1.165) is 12.3 Å². The van der Waals surface area contributed by atoms with Crippen LogP contribution in [0.1, 0.15) is 31.7 Å². The molecular formula is C20H26N2O. The molecule has 3 nitrogen and oxygen atoms in total. The van der Waals surface area contributed by atoms with Gasteiger partial charge in [-0.3, -0.25) is 0 Å². The number of rotatable bonds is 6. The highest BCUT2D eigenvalue weighted by Crippen LogP contribution is 2.22. The first-order chi connectivity index (χ1) is 11.3. The van der Waals surface area contributed by atoms with Crippen LogP contribution in [0.15, 0.2) is 48.5 Å². The second-order valence-electron chi connectivity index (χ2n) is 6.03. The maximum atomic E-state index is 5.47. The van der Waals surface area contributed by atoms with Crippen molar-refractivity contribution >= 4 is 11.4 Å². The summed E-state index contributed by atoms with van der Waals surface area (Å²) < 4.78 is 5.47. The Bertz CT molecular complexity index is 586. The smallest absolute Gasteiger partial charge is 0.119 e. The zero-order valence-corrected chi connectivity index (χ0v) is 13.9. The van der Waals surface area contributed by atoms with E-state index < -0.39 is 0 Å². The third-order valence-corrected chi connectivity index (χ3v) is 4.32. The number of anilines is 2. The van der Waals surface area contributed by atoms with E-state index in [-0.39, 0.29) is 0 Å². The van der Waals surface area contributed by atoms with E-state index in [1.165, 1.54) is 49.3 Å². The summed E-state index contributed by atoms with van der Waals surface area (Å²) >= 11 is 0. The number of nitrogens with zero attached hydrogens (tertiary/aromatic N) is 1. The van der Waals surface area contributed by atoms with Crippen molar-refractivity contribution in [3.63, 3.8) is 0 Å². The Morgan fingerprint density at radius 3 is 2.26 bits per heavy atom. The number of hydrogen-bond donors (Lipinski definition) is 1.